The largest absolute Gasteiger partial charge is 0.480 e. The van der Waals surface area contributed by atoms with Crippen LogP contribution in [0.15, 0.2) is 24.3 Å². The van der Waals surface area contributed by atoms with Gasteiger partial charge in [-0.1, -0.05) is 26.0 Å². The van der Waals surface area contributed by atoms with Gasteiger partial charge in [0.1, 0.15) is 12.1 Å². The molecule has 4 N–H and O–H groups in total. The molecule has 1 amide bonds. The van der Waals surface area contributed by atoms with Crippen LogP contribution in [0, 0.1) is 5.92 Å². The molecule has 126 valence electrons. The highest BCUT2D eigenvalue weighted by Gasteiger charge is 2.24. The van der Waals surface area contributed by atoms with E-state index < -0.39 is 30.0 Å². The highest BCUT2D eigenvalue weighted by atomic mass is 16.4. The van der Waals surface area contributed by atoms with E-state index in [4.69, 9.17) is 5.11 Å². The van der Waals surface area contributed by atoms with Crippen molar-refractivity contribution in [2.24, 2.45) is 5.92 Å². The lowest BCUT2D eigenvalue weighted by molar-refractivity contribution is -0.143. The van der Waals surface area contributed by atoms with Gasteiger partial charge in [0.05, 0.1) is 5.56 Å². The van der Waals surface area contributed by atoms with E-state index in [0.717, 1.165) is 0 Å². The van der Waals surface area contributed by atoms with Crippen LogP contribution in [0.5, 0.6) is 0 Å². The van der Waals surface area contributed by atoms with Crippen molar-refractivity contribution < 1.29 is 29.7 Å². The van der Waals surface area contributed by atoms with Crippen LogP contribution in [-0.2, 0) is 16.0 Å². The molecule has 0 fully saturated rings. The number of benzene rings is 1. The molecule has 0 heterocycles. The first-order chi connectivity index (χ1) is 10.7. The van der Waals surface area contributed by atoms with E-state index >= 15 is 0 Å². The second-order valence-electron chi connectivity index (χ2n) is 5.75. The average Bonchev–Trinajstić information content (AvgIpc) is 2.46. The number of aromatic carboxylic acids is 1. The van der Waals surface area contributed by atoms with Crippen LogP contribution in [-0.4, -0.2) is 45.3 Å². The quantitative estimate of drug-likeness (QED) is 0.563. The molecule has 0 unspecified atom stereocenters. The SMILES string of the molecule is CC(C)C[C@@H](O)C(=O)N[C@@H](Cc1ccc(C(=O)O)cc1)C(=O)O. The summed E-state index contributed by atoms with van der Waals surface area (Å²) in [6.45, 7) is 3.68. The monoisotopic (exact) mass is 323 g/mol. The summed E-state index contributed by atoms with van der Waals surface area (Å²) in [7, 11) is 0. The maximum atomic E-state index is 11.8. The minimum absolute atomic E-state index is 0.00459. The third-order valence-corrected chi connectivity index (χ3v) is 3.25. The van der Waals surface area contributed by atoms with Gasteiger partial charge >= 0.3 is 11.9 Å². The van der Waals surface area contributed by atoms with Gasteiger partial charge in [0.15, 0.2) is 0 Å². The first-order valence-corrected chi connectivity index (χ1v) is 7.24. The molecule has 0 saturated carbocycles. The van der Waals surface area contributed by atoms with Crippen molar-refractivity contribution in [2.75, 3.05) is 0 Å². The molecule has 1 rings (SSSR count). The van der Waals surface area contributed by atoms with Gasteiger partial charge in [-0.3, -0.25) is 4.79 Å². The fourth-order valence-corrected chi connectivity index (χ4v) is 2.04. The Bertz CT molecular complexity index is 566. The third kappa shape index (κ3) is 6.07. The van der Waals surface area contributed by atoms with Crippen LogP contribution in [0.4, 0.5) is 0 Å². The molecule has 1 aromatic carbocycles. The molecule has 7 heteroatoms. The zero-order valence-corrected chi connectivity index (χ0v) is 13.0. The van der Waals surface area contributed by atoms with Gasteiger partial charge in [-0.25, -0.2) is 9.59 Å². The van der Waals surface area contributed by atoms with Gasteiger partial charge < -0.3 is 20.6 Å². The van der Waals surface area contributed by atoms with Crippen LogP contribution in [0.2, 0.25) is 0 Å². The van der Waals surface area contributed by atoms with Crippen LogP contribution in [0.3, 0.4) is 0 Å². The fraction of sp³-hybridized carbons (Fsp3) is 0.438. The third-order valence-electron chi connectivity index (χ3n) is 3.25. The minimum atomic E-state index is -1.26. The predicted octanol–water partition coefficient (Wildman–Crippen LogP) is 0.904. The number of carbonyl (C=O) groups is 3. The highest BCUT2D eigenvalue weighted by Crippen LogP contribution is 2.09. The average molecular weight is 323 g/mol. The zero-order valence-electron chi connectivity index (χ0n) is 13.0. The number of aliphatic carboxylic acids is 1. The van der Waals surface area contributed by atoms with Crippen molar-refractivity contribution in [3.8, 4) is 0 Å². The van der Waals surface area contributed by atoms with Crippen molar-refractivity contribution in [3.05, 3.63) is 35.4 Å². The molecular weight excluding hydrogens is 302 g/mol. The van der Waals surface area contributed by atoms with Gasteiger partial charge in [0.25, 0.3) is 0 Å². The summed E-state index contributed by atoms with van der Waals surface area (Å²) in [6, 6.07) is 4.53. The Hall–Kier alpha value is -2.41. The summed E-state index contributed by atoms with van der Waals surface area (Å²) in [5.41, 5.74) is 0.665. The summed E-state index contributed by atoms with van der Waals surface area (Å²) < 4.78 is 0. The number of aliphatic hydroxyl groups excluding tert-OH is 1. The van der Waals surface area contributed by atoms with E-state index in [1.54, 1.807) is 0 Å². The summed E-state index contributed by atoms with van der Waals surface area (Å²) in [4.78, 5) is 33.9. The normalized spacial score (nSPS) is 13.4. The van der Waals surface area contributed by atoms with Crippen molar-refractivity contribution >= 4 is 17.8 Å². The lowest BCUT2D eigenvalue weighted by atomic mass is 10.0. The summed E-state index contributed by atoms with van der Waals surface area (Å²) in [5.74, 6) is -2.93. The second kappa shape index (κ2) is 8.28. The molecule has 2 atom stereocenters. The Kier molecular flexibility index (Phi) is 6.71. The van der Waals surface area contributed by atoms with E-state index in [1.807, 2.05) is 13.8 Å². The number of hydrogen-bond donors (Lipinski definition) is 4. The number of carboxylic acids is 2. The van der Waals surface area contributed by atoms with E-state index in [-0.39, 0.29) is 24.3 Å². The smallest absolute Gasteiger partial charge is 0.335 e. The van der Waals surface area contributed by atoms with E-state index in [0.29, 0.717) is 5.56 Å². The standard InChI is InChI=1S/C16H21NO6/c1-9(2)7-13(18)14(19)17-12(16(22)23)8-10-3-5-11(6-4-10)15(20)21/h3-6,9,12-13,18H,7-8H2,1-2H3,(H,17,19)(H,20,21)(H,22,23)/t12-,13+/m0/s1. The first-order valence-electron chi connectivity index (χ1n) is 7.24. The zero-order chi connectivity index (χ0) is 17.6. The van der Waals surface area contributed by atoms with Crippen molar-refractivity contribution in [3.63, 3.8) is 0 Å². The molecule has 0 spiro atoms. The van der Waals surface area contributed by atoms with Crippen molar-refractivity contribution in [2.45, 2.75) is 38.8 Å². The predicted molar refractivity (Wildman–Crippen MR) is 82.1 cm³/mol. The molecule has 0 aliphatic rings. The number of rotatable bonds is 8. The van der Waals surface area contributed by atoms with Gasteiger partial charge in [-0.15, -0.1) is 0 Å². The maximum Gasteiger partial charge on any atom is 0.335 e. The second-order valence-corrected chi connectivity index (χ2v) is 5.75. The Morgan fingerprint density at radius 3 is 2.09 bits per heavy atom. The molecular formula is C16H21NO6. The Morgan fingerprint density at radius 2 is 1.65 bits per heavy atom. The molecule has 0 aliphatic heterocycles. The van der Waals surface area contributed by atoms with E-state index in [9.17, 15) is 24.6 Å². The number of nitrogens with one attached hydrogen (secondary N) is 1. The summed E-state index contributed by atoms with van der Waals surface area (Å²) in [5, 5.41) is 30.0. The van der Waals surface area contributed by atoms with Gasteiger partial charge in [-0.2, -0.15) is 0 Å². The molecule has 7 nitrogen and oxygen atoms in total. The number of carbonyl (C=O) groups excluding carboxylic acids is 1. The maximum absolute atomic E-state index is 11.8. The minimum Gasteiger partial charge on any atom is -0.480 e. The summed E-state index contributed by atoms with van der Waals surface area (Å²) >= 11 is 0. The number of carboxylic acid groups (broad SMARTS) is 2. The molecule has 0 bridgehead atoms. The van der Waals surface area contributed by atoms with Crippen LogP contribution in [0.25, 0.3) is 0 Å². The highest BCUT2D eigenvalue weighted by molar-refractivity contribution is 5.88. The Morgan fingerprint density at radius 1 is 1.09 bits per heavy atom. The fourth-order valence-electron chi connectivity index (χ4n) is 2.04. The van der Waals surface area contributed by atoms with Crippen LogP contribution >= 0.6 is 0 Å². The number of hydrogen-bond acceptors (Lipinski definition) is 4. The van der Waals surface area contributed by atoms with Crippen molar-refractivity contribution in [1.82, 2.24) is 5.32 Å². The lowest BCUT2D eigenvalue weighted by Gasteiger charge is -2.18. The first kappa shape index (κ1) is 18.6. The number of aliphatic hydroxyl groups is 1. The van der Waals surface area contributed by atoms with Crippen LogP contribution < -0.4 is 5.32 Å². The van der Waals surface area contributed by atoms with Gasteiger partial charge in [-0.05, 0) is 30.0 Å². The lowest BCUT2D eigenvalue weighted by Crippen LogP contribution is -2.46. The van der Waals surface area contributed by atoms with E-state index in [2.05, 4.69) is 5.32 Å². The van der Waals surface area contributed by atoms with Crippen LogP contribution in [0.1, 0.15) is 36.2 Å². The molecule has 23 heavy (non-hydrogen) atoms. The molecule has 1 aromatic rings. The van der Waals surface area contributed by atoms with Crippen molar-refractivity contribution in [1.29, 1.82) is 0 Å². The molecule has 0 aliphatic carbocycles. The topological polar surface area (TPSA) is 124 Å². The molecule has 0 aromatic heterocycles. The van der Waals surface area contributed by atoms with E-state index in [1.165, 1.54) is 24.3 Å². The Labute approximate surface area is 133 Å². The summed E-state index contributed by atoms with van der Waals surface area (Å²) in [6.07, 6.45) is -1.02. The number of amides is 1. The van der Waals surface area contributed by atoms with Gasteiger partial charge in [0, 0.05) is 6.42 Å². The molecule has 0 radical (unpaired) electrons. The molecule has 0 saturated heterocycles. The van der Waals surface area contributed by atoms with Gasteiger partial charge in [0.2, 0.25) is 5.91 Å². The Balaban J connectivity index is 2.73.